The van der Waals surface area contributed by atoms with Gasteiger partial charge in [-0.1, -0.05) is 12.1 Å². The van der Waals surface area contributed by atoms with Crippen LogP contribution < -0.4 is 5.32 Å². The summed E-state index contributed by atoms with van der Waals surface area (Å²) in [4.78, 5) is 8.70. The van der Waals surface area contributed by atoms with E-state index in [4.69, 9.17) is 4.42 Å². The molecule has 17 heavy (non-hydrogen) atoms. The van der Waals surface area contributed by atoms with Gasteiger partial charge < -0.3 is 9.73 Å². The minimum atomic E-state index is 0.539. The van der Waals surface area contributed by atoms with Crippen molar-refractivity contribution in [1.82, 2.24) is 9.97 Å². The predicted molar refractivity (Wildman–Crippen MR) is 68.2 cm³/mol. The summed E-state index contributed by atoms with van der Waals surface area (Å²) in [6, 6.07) is 8.24. The minimum absolute atomic E-state index is 0.539. The van der Waals surface area contributed by atoms with E-state index in [1.807, 2.05) is 36.6 Å². The van der Waals surface area contributed by atoms with Crippen LogP contribution in [0.3, 0.4) is 0 Å². The average Bonchev–Trinajstić information content (AvgIpc) is 2.91. The zero-order chi connectivity index (χ0) is 11.7. The van der Waals surface area contributed by atoms with Crippen molar-refractivity contribution in [2.24, 2.45) is 0 Å². The SMILES string of the molecule is Cc1nc(CNc2nc3ccccc3o2)cs1. The van der Waals surface area contributed by atoms with Crippen molar-refractivity contribution in [3.8, 4) is 0 Å². The van der Waals surface area contributed by atoms with E-state index < -0.39 is 0 Å². The van der Waals surface area contributed by atoms with E-state index in [0.717, 1.165) is 21.8 Å². The van der Waals surface area contributed by atoms with Crippen LogP contribution in [0.25, 0.3) is 11.1 Å². The number of hydrogen-bond acceptors (Lipinski definition) is 5. The van der Waals surface area contributed by atoms with Crippen molar-refractivity contribution in [3.05, 3.63) is 40.3 Å². The number of oxazole rings is 1. The number of benzene rings is 1. The molecule has 2 heterocycles. The molecule has 0 aliphatic heterocycles. The summed E-state index contributed by atoms with van der Waals surface area (Å²) in [7, 11) is 0. The highest BCUT2D eigenvalue weighted by Gasteiger charge is 2.05. The number of nitrogens with zero attached hydrogens (tertiary/aromatic N) is 2. The maximum absolute atomic E-state index is 5.55. The predicted octanol–water partition coefficient (Wildman–Crippen LogP) is 3.20. The molecule has 0 unspecified atom stereocenters. The lowest BCUT2D eigenvalue weighted by molar-refractivity contribution is 0.614. The summed E-state index contributed by atoms with van der Waals surface area (Å²) in [6.45, 7) is 2.63. The maximum Gasteiger partial charge on any atom is 0.296 e. The lowest BCUT2D eigenvalue weighted by Gasteiger charge is -1.96. The fourth-order valence-corrected chi connectivity index (χ4v) is 2.22. The number of thiazole rings is 1. The normalized spacial score (nSPS) is 10.9. The largest absolute Gasteiger partial charge is 0.424 e. The molecule has 0 atom stereocenters. The average molecular weight is 245 g/mol. The Hall–Kier alpha value is -1.88. The number of aryl methyl sites for hydroxylation is 1. The van der Waals surface area contributed by atoms with Gasteiger partial charge in [0.2, 0.25) is 0 Å². The van der Waals surface area contributed by atoms with Crippen LogP contribution in [0.1, 0.15) is 10.7 Å². The molecule has 0 fully saturated rings. The Morgan fingerprint density at radius 2 is 2.18 bits per heavy atom. The molecular formula is C12H11N3OS. The van der Waals surface area contributed by atoms with Crippen molar-refractivity contribution < 1.29 is 4.42 Å². The van der Waals surface area contributed by atoms with E-state index in [2.05, 4.69) is 15.3 Å². The van der Waals surface area contributed by atoms with E-state index in [1.165, 1.54) is 0 Å². The second kappa shape index (κ2) is 4.18. The van der Waals surface area contributed by atoms with Crippen molar-refractivity contribution in [2.45, 2.75) is 13.5 Å². The summed E-state index contributed by atoms with van der Waals surface area (Å²) in [5.74, 6) is 0. The second-order valence-electron chi connectivity index (χ2n) is 3.70. The first-order chi connectivity index (χ1) is 8.31. The summed E-state index contributed by atoms with van der Waals surface area (Å²) in [5, 5.41) is 6.23. The van der Waals surface area contributed by atoms with Crippen LogP contribution in [-0.4, -0.2) is 9.97 Å². The second-order valence-corrected chi connectivity index (χ2v) is 4.76. The van der Waals surface area contributed by atoms with Crippen molar-refractivity contribution in [3.63, 3.8) is 0 Å². The van der Waals surface area contributed by atoms with Gasteiger partial charge in [-0.3, -0.25) is 0 Å². The first-order valence-electron chi connectivity index (χ1n) is 5.32. The van der Waals surface area contributed by atoms with Gasteiger partial charge in [0.1, 0.15) is 5.52 Å². The molecular weight excluding hydrogens is 234 g/mol. The topological polar surface area (TPSA) is 51.0 Å². The number of aromatic nitrogens is 2. The Morgan fingerprint density at radius 1 is 1.29 bits per heavy atom. The quantitative estimate of drug-likeness (QED) is 0.769. The molecule has 0 saturated carbocycles. The first kappa shape index (κ1) is 10.3. The minimum Gasteiger partial charge on any atom is -0.424 e. The van der Waals surface area contributed by atoms with Crippen LogP contribution in [0.5, 0.6) is 0 Å². The lowest BCUT2D eigenvalue weighted by Crippen LogP contribution is -1.99. The van der Waals surface area contributed by atoms with Gasteiger partial charge in [0, 0.05) is 5.38 Å². The molecule has 4 nitrogen and oxygen atoms in total. The van der Waals surface area contributed by atoms with Crippen LogP contribution in [0, 0.1) is 6.92 Å². The highest BCUT2D eigenvalue weighted by atomic mass is 32.1. The van der Waals surface area contributed by atoms with E-state index in [-0.39, 0.29) is 0 Å². The third kappa shape index (κ3) is 2.14. The van der Waals surface area contributed by atoms with Crippen LogP contribution in [-0.2, 0) is 6.54 Å². The van der Waals surface area contributed by atoms with E-state index >= 15 is 0 Å². The third-order valence-corrected chi connectivity index (χ3v) is 3.20. The molecule has 5 heteroatoms. The fourth-order valence-electron chi connectivity index (χ4n) is 1.60. The Bertz CT molecular complexity index is 611. The Kier molecular flexibility index (Phi) is 2.53. The van der Waals surface area contributed by atoms with Gasteiger partial charge in [0.25, 0.3) is 6.01 Å². The van der Waals surface area contributed by atoms with Crippen LogP contribution in [0.4, 0.5) is 6.01 Å². The van der Waals surface area contributed by atoms with E-state index in [1.54, 1.807) is 11.3 Å². The molecule has 0 bridgehead atoms. The summed E-state index contributed by atoms with van der Waals surface area (Å²) >= 11 is 1.64. The van der Waals surface area contributed by atoms with E-state index in [9.17, 15) is 0 Å². The molecule has 3 rings (SSSR count). The number of rotatable bonds is 3. The molecule has 3 aromatic rings. The standard InChI is InChI=1S/C12H11N3OS/c1-8-14-9(7-17-8)6-13-12-15-10-4-2-3-5-11(10)16-12/h2-5,7H,6H2,1H3,(H,13,15). The monoisotopic (exact) mass is 245 g/mol. The first-order valence-corrected chi connectivity index (χ1v) is 6.20. The van der Waals surface area contributed by atoms with Crippen LogP contribution in [0.15, 0.2) is 34.1 Å². The lowest BCUT2D eigenvalue weighted by atomic mass is 10.3. The zero-order valence-corrected chi connectivity index (χ0v) is 10.1. The Morgan fingerprint density at radius 3 is 2.94 bits per heavy atom. The van der Waals surface area contributed by atoms with Gasteiger partial charge in [-0.25, -0.2) is 4.98 Å². The van der Waals surface area contributed by atoms with Gasteiger partial charge in [-0.2, -0.15) is 4.98 Å². The highest BCUT2D eigenvalue weighted by molar-refractivity contribution is 7.09. The molecule has 1 aromatic carbocycles. The Labute approximate surface area is 102 Å². The molecule has 0 aliphatic carbocycles. The van der Waals surface area contributed by atoms with Gasteiger partial charge in [0.05, 0.1) is 17.2 Å². The van der Waals surface area contributed by atoms with Crippen molar-refractivity contribution >= 4 is 28.5 Å². The zero-order valence-electron chi connectivity index (χ0n) is 9.30. The van der Waals surface area contributed by atoms with Crippen molar-refractivity contribution in [2.75, 3.05) is 5.32 Å². The molecule has 0 saturated heterocycles. The molecule has 0 spiro atoms. The van der Waals surface area contributed by atoms with E-state index in [0.29, 0.717) is 12.6 Å². The van der Waals surface area contributed by atoms with Gasteiger partial charge in [0.15, 0.2) is 5.58 Å². The number of fused-ring (bicyclic) bond motifs is 1. The van der Waals surface area contributed by atoms with Crippen LogP contribution >= 0.6 is 11.3 Å². The summed E-state index contributed by atoms with van der Waals surface area (Å²) in [5.41, 5.74) is 2.67. The van der Waals surface area contributed by atoms with Crippen LogP contribution in [0.2, 0.25) is 0 Å². The number of hydrogen-bond donors (Lipinski definition) is 1. The fraction of sp³-hybridized carbons (Fsp3) is 0.167. The smallest absolute Gasteiger partial charge is 0.296 e. The maximum atomic E-state index is 5.55. The molecule has 0 radical (unpaired) electrons. The molecule has 86 valence electrons. The van der Waals surface area contributed by atoms with Crippen molar-refractivity contribution in [1.29, 1.82) is 0 Å². The molecule has 2 aromatic heterocycles. The number of anilines is 1. The molecule has 1 N–H and O–H groups in total. The van der Waals surface area contributed by atoms with Gasteiger partial charge in [-0.05, 0) is 19.1 Å². The van der Waals surface area contributed by atoms with Gasteiger partial charge >= 0.3 is 0 Å². The summed E-state index contributed by atoms with van der Waals surface area (Å²) in [6.07, 6.45) is 0. The number of nitrogens with one attached hydrogen (secondary N) is 1. The van der Waals surface area contributed by atoms with Gasteiger partial charge in [-0.15, -0.1) is 11.3 Å². The third-order valence-electron chi connectivity index (χ3n) is 2.38. The summed E-state index contributed by atoms with van der Waals surface area (Å²) < 4.78 is 5.55. The molecule has 0 aliphatic rings. The molecule has 0 amide bonds. The highest BCUT2D eigenvalue weighted by Crippen LogP contribution is 2.18. The number of para-hydroxylation sites is 2. The Balaban J connectivity index is 1.76.